The molecule has 0 radical (unpaired) electrons. The van der Waals surface area contributed by atoms with Crippen molar-refractivity contribution in [2.24, 2.45) is 0 Å². The Morgan fingerprint density at radius 3 is 2.90 bits per heavy atom. The number of benzene rings is 2. The third-order valence-corrected chi connectivity index (χ3v) is 5.43. The van der Waals surface area contributed by atoms with E-state index in [9.17, 15) is 4.79 Å². The lowest BCUT2D eigenvalue weighted by atomic mass is 10.0. The molecule has 2 aromatic carbocycles. The van der Waals surface area contributed by atoms with Gasteiger partial charge in [0.05, 0.1) is 0 Å². The highest BCUT2D eigenvalue weighted by Gasteiger charge is 2.33. The Morgan fingerprint density at radius 1 is 1.10 bits per heavy atom. The fourth-order valence-corrected chi connectivity index (χ4v) is 3.93. The third-order valence-electron chi connectivity index (χ3n) is 5.19. The molecule has 2 aliphatic heterocycles. The summed E-state index contributed by atoms with van der Waals surface area (Å²) in [6.07, 6.45) is 2.69. The number of hydrogen-bond acceptors (Lipinski definition) is 6. The molecule has 2 aliphatic rings. The highest BCUT2D eigenvalue weighted by Crippen LogP contribution is 2.36. The number of nitrogens with zero attached hydrogens (tertiary/aromatic N) is 3. The zero-order valence-corrected chi connectivity index (χ0v) is 16.3. The van der Waals surface area contributed by atoms with Crippen LogP contribution in [0.2, 0.25) is 5.02 Å². The molecule has 7 nitrogen and oxygen atoms in total. The Hall–Kier alpha value is -3.06. The van der Waals surface area contributed by atoms with Gasteiger partial charge in [-0.05, 0) is 49.6 Å². The van der Waals surface area contributed by atoms with E-state index in [0.29, 0.717) is 40.3 Å². The highest BCUT2D eigenvalue weighted by atomic mass is 35.5. The van der Waals surface area contributed by atoms with Gasteiger partial charge in [0.15, 0.2) is 11.5 Å². The van der Waals surface area contributed by atoms with Crippen LogP contribution in [0.4, 0.5) is 0 Å². The molecule has 0 saturated carbocycles. The van der Waals surface area contributed by atoms with Gasteiger partial charge in [0.2, 0.25) is 18.5 Å². The predicted octanol–water partition coefficient (Wildman–Crippen LogP) is 4.49. The van der Waals surface area contributed by atoms with Gasteiger partial charge in [-0.15, -0.1) is 0 Å². The van der Waals surface area contributed by atoms with Crippen LogP contribution in [-0.4, -0.2) is 34.3 Å². The second kappa shape index (κ2) is 7.40. The molecule has 1 unspecified atom stereocenters. The summed E-state index contributed by atoms with van der Waals surface area (Å²) in [6.45, 7) is 0.806. The van der Waals surface area contributed by atoms with Gasteiger partial charge >= 0.3 is 0 Å². The van der Waals surface area contributed by atoms with Crippen LogP contribution in [0.3, 0.4) is 0 Å². The molecule has 1 fully saturated rings. The summed E-state index contributed by atoms with van der Waals surface area (Å²) in [5.74, 6) is 2.05. The molecule has 5 rings (SSSR count). The van der Waals surface area contributed by atoms with Crippen molar-refractivity contribution in [3.63, 3.8) is 0 Å². The topological polar surface area (TPSA) is 77.7 Å². The summed E-state index contributed by atoms with van der Waals surface area (Å²) in [6, 6.07) is 12.3. The molecule has 148 valence electrons. The molecule has 3 heterocycles. The maximum Gasteiger partial charge on any atom is 0.254 e. The first-order valence-corrected chi connectivity index (χ1v) is 9.87. The molecule has 0 N–H and O–H groups in total. The molecule has 0 aliphatic carbocycles. The summed E-state index contributed by atoms with van der Waals surface area (Å²) < 4.78 is 16.3. The molecule has 3 aromatic rings. The molecule has 1 amide bonds. The number of rotatable bonds is 3. The van der Waals surface area contributed by atoms with Crippen LogP contribution in [0.15, 0.2) is 47.0 Å². The molecular formula is C21H18ClN3O4. The normalized spacial score (nSPS) is 18.1. The smallest absolute Gasteiger partial charge is 0.254 e. The first-order chi connectivity index (χ1) is 14.2. The minimum Gasteiger partial charge on any atom is -0.454 e. The van der Waals surface area contributed by atoms with Gasteiger partial charge in [0.25, 0.3) is 5.91 Å². The third kappa shape index (κ3) is 3.42. The zero-order chi connectivity index (χ0) is 19.8. The average molecular weight is 412 g/mol. The second-order valence-electron chi connectivity index (χ2n) is 7.04. The van der Waals surface area contributed by atoms with Crippen molar-refractivity contribution in [1.29, 1.82) is 0 Å². The van der Waals surface area contributed by atoms with E-state index in [4.69, 9.17) is 25.6 Å². The van der Waals surface area contributed by atoms with Crippen molar-refractivity contribution in [3.05, 3.63) is 58.9 Å². The highest BCUT2D eigenvalue weighted by molar-refractivity contribution is 6.30. The van der Waals surface area contributed by atoms with E-state index in [-0.39, 0.29) is 18.7 Å². The van der Waals surface area contributed by atoms with Crippen molar-refractivity contribution in [3.8, 4) is 22.9 Å². The molecule has 29 heavy (non-hydrogen) atoms. The number of carbonyl (C=O) groups is 1. The van der Waals surface area contributed by atoms with E-state index in [1.165, 1.54) is 0 Å². The van der Waals surface area contributed by atoms with Gasteiger partial charge in [-0.25, -0.2) is 0 Å². The lowest BCUT2D eigenvalue weighted by Gasteiger charge is -2.33. The van der Waals surface area contributed by atoms with Crippen LogP contribution < -0.4 is 9.47 Å². The van der Waals surface area contributed by atoms with Gasteiger partial charge in [-0.2, -0.15) is 4.98 Å². The van der Waals surface area contributed by atoms with Crippen LogP contribution in [-0.2, 0) is 0 Å². The molecule has 0 spiro atoms. The molecular weight excluding hydrogens is 394 g/mol. The summed E-state index contributed by atoms with van der Waals surface area (Å²) in [5.41, 5.74) is 1.33. The minimum atomic E-state index is -0.262. The number of likely N-dealkylation sites (tertiary alicyclic amines) is 1. The van der Waals surface area contributed by atoms with Crippen LogP contribution in [0.25, 0.3) is 11.4 Å². The Morgan fingerprint density at radius 2 is 2.00 bits per heavy atom. The Balaban J connectivity index is 1.42. The molecule has 1 atom stereocenters. The molecule has 1 aromatic heterocycles. The van der Waals surface area contributed by atoms with Gasteiger partial charge in [-0.1, -0.05) is 28.9 Å². The first kappa shape index (κ1) is 18.0. The van der Waals surface area contributed by atoms with Crippen LogP contribution >= 0.6 is 11.6 Å². The van der Waals surface area contributed by atoms with E-state index >= 15 is 0 Å². The first-order valence-electron chi connectivity index (χ1n) is 9.49. The van der Waals surface area contributed by atoms with E-state index < -0.39 is 0 Å². The molecule has 0 bridgehead atoms. The van der Waals surface area contributed by atoms with E-state index in [1.807, 2.05) is 12.1 Å². The lowest BCUT2D eigenvalue weighted by molar-refractivity contribution is 0.0561. The van der Waals surface area contributed by atoms with E-state index in [0.717, 1.165) is 24.8 Å². The van der Waals surface area contributed by atoms with Crippen LogP contribution in [0.1, 0.15) is 41.6 Å². The largest absolute Gasteiger partial charge is 0.454 e. The maximum atomic E-state index is 13.2. The Bertz CT molecular complexity index is 1070. The standard InChI is InChI=1S/C21H18ClN3O4/c22-15-5-3-4-13(10-15)19-23-20(29-24-19)16-6-1-2-9-25(16)21(26)14-7-8-17-18(11-14)28-12-27-17/h3-5,7-8,10-11,16H,1-2,6,9,12H2. The quantitative estimate of drug-likeness (QED) is 0.632. The van der Waals surface area contributed by atoms with Crippen molar-refractivity contribution in [1.82, 2.24) is 15.0 Å². The zero-order valence-electron chi connectivity index (χ0n) is 15.5. The van der Waals surface area contributed by atoms with Crippen molar-refractivity contribution in [2.45, 2.75) is 25.3 Å². The van der Waals surface area contributed by atoms with E-state index in [1.54, 1.807) is 35.2 Å². The van der Waals surface area contributed by atoms with Gasteiger partial charge < -0.3 is 18.9 Å². The fourth-order valence-electron chi connectivity index (χ4n) is 3.74. The SMILES string of the molecule is O=C(c1ccc2c(c1)OCO2)N1CCCCC1c1nc(-c2cccc(Cl)c2)no1. The second-order valence-corrected chi connectivity index (χ2v) is 7.48. The lowest BCUT2D eigenvalue weighted by Crippen LogP contribution is -2.38. The number of halogens is 1. The number of amides is 1. The van der Waals surface area contributed by atoms with Gasteiger partial charge in [0.1, 0.15) is 6.04 Å². The number of carbonyl (C=O) groups excluding carboxylic acids is 1. The minimum absolute atomic E-state index is 0.0875. The van der Waals surface area contributed by atoms with Gasteiger partial charge in [-0.3, -0.25) is 4.79 Å². The van der Waals surface area contributed by atoms with Crippen LogP contribution in [0, 0.1) is 0 Å². The van der Waals surface area contributed by atoms with Crippen LogP contribution in [0.5, 0.6) is 11.5 Å². The van der Waals surface area contributed by atoms with E-state index in [2.05, 4.69) is 10.1 Å². The number of ether oxygens (including phenoxy) is 2. The Labute approximate surface area is 172 Å². The summed E-state index contributed by atoms with van der Waals surface area (Å²) in [5, 5.41) is 4.70. The molecule has 8 heteroatoms. The maximum absolute atomic E-state index is 13.2. The van der Waals surface area contributed by atoms with Crippen molar-refractivity contribution >= 4 is 17.5 Å². The number of aromatic nitrogens is 2. The average Bonchev–Trinajstić information content (AvgIpc) is 3.42. The van der Waals surface area contributed by atoms with Crippen molar-refractivity contribution in [2.75, 3.05) is 13.3 Å². The predicted molar refractivity (Wildman–Crippen MR) is 105 cm³/mol. The number of hydrogen-bond donors (Lipinski definition) is 0. The summed E-state index contributed by atoms with van der Waals surface area (Å²) in [7, 11) is 0. The summed E-state index contributed by atoms with van der Waals surface area (Å²) >= 11 is 6.06. The van der Waals surface area contributed by atoms with Gasteiger partial charge in [0, 0.05) is 22.7 Å². The summed E-state index contributed by atoms with van der Waals surface area (Å²) in [4.78, 5) is 19.6. The number of fused-ring (bicyclic) bond motifs is 1. The Kier molecular flexibility index (Phi) is 4.60. The molecule has 1 saturated heterocycles. The monoisotopic (exact) mass is 411 g/mol. The van der Waals surface area contributed by atoms with Crippen molar-refractivity contribution < 1.29 is 18.8 Å². The number of piperidine rings is 1. The fraction of sp³-hybridized carbons (Fsp3) is 0.286.